The number of piperidine rings is 1. The third-order valence-corrected chi connectivity index (χ3v) is 3.87. The lowest BCUT2D eigenvalue weighted by molar-refractivity contribution is 0.0893. The molecule has 2 unspecified atom stereocenters. The first-order chi connectivity index (χ1) is 9.10. The number of rotatable bonds is 4. The van der Waals surface area contributed by atoms with Gasteiger partial charge in [-0.25, -0.2) is 0 Å². The van der Waals surface area contributed by atoms with Gasteiger partial charge in [0, 0.05) is 37.0 Å². The van der Waals surface area contributed by atoms with Crippen molar-refractivity contribution in [3.05, 3.63) is 28.8 Å². The largest absolute Gasteiger partial charge is 0.380 e. The lowest BCUT2D eigenvalue weighted by Crippen LogP contribution is -2.40. The molecule has 1 aromatic carbocycles. The van der Waals surface area contributed by atoms with Gasteiger partial charge < -0.3 is 15.4 Å². The number of hydrogen-bond acceptors (Lipinski definition) is 3. The molecule has 1 fully saturated rings. The second-order valence-corrected chi connectivity index (χ2v) is 5.84. The number of hydrogen-bond donors (Lipinski definition) is 1. The topological polar surface area (TPSA) is 38.5 Å². The molecule has 1 aliphatic rings. The molecule has 1 aliphatic heterocycles. The lowest BCUT2D eigenvalue weighted by Gasteiger charge is -2.35. The smallest absolute Gasteiger partial charge is 0.0746 e. The van der Waals surface area contributed by atoms with Crippen LogP contribution in [0.15, 0.2) is 18.2 Å². The van der Waals surface area contributed by atoms with Crippen LogP contribution < -0.4 is 10.6 Å². The Morgan fingerprint density at radius 3 is 3.00 bits per heavy atom. The Morgan fingerprint density at radius 1 is 1.53 bits per heavy atom. The van der Waals surface area contributed by atoms with Crippen LogP contribution in [0.1, 0.15) is 25.3 Å². The van der Waals surface area contributed by atoms with E-state index in [2.05, 4.69) is 11.0 Å². The van der Waals surface area contributed by atoms with Crippen LogP contribution in [0.2, 0.25) is 5.02 Å². The summed E-state index contributed by atoms with van der Waals surface area (Å²) >= 11 is 6.11. The van der Waals surface area contributed by atoms with Gasteiger partial charge in [-0.2, -0.15) is 0 Å². The normalized spacial score (nSPS) is 21.5. The zero-order chi connectivity index (χ0) is 13.8. The zero-order valence-electron chi connectivity index (χ0n) is 11.7. The van der Waals surface area contributed by atoms with Gasteiger partial charge in [-0.05, 0) is 49.9 Å². The van der Waals surface area contributed by atoms with Gasteiger partial charge in [0.1, 0.15) is 0 Å². The monoisotopic (exact) mass is 282 g/mol. The van der Waals surface area contributed by atoms with Crippen molar-refractivity contribution in [3.8, 4) is 0 Å². The first kappa shape index (κ1) is 14.6. The second kappa shape index (κ2) is 6.60. The molecule has 4 heteroatoms. The molecule has 0 spiro atoms. The van der Waals surface area contributed by atoms with Crippen molar-refractivity contribution in [1.29, 1.82) is 0 Å². The van der Waals surface area contributed by atoms with Gasteiger partial charge in [-0.15, -0.1) is 0 Å². The number of ether oxygens (including phenoxy) is 1. The van der Waals surface area contributed by atoms with Crippen LogP contribution >= 0.6 is 11.6 Å². The third-order valence-electron chi connectivity index (χ3n) is 3.64. The van der Waals surface area contributed by atoms with Crippen molar-refractivity contribution < 1.29 is 4.74 Å². The molecule has 1 heterocycles. The SMILES string of the molecule is COC1CCCN(c2ccc(Cl)cc2CC(C)N)C1. The maximum Gasteiger partial charge on any atom is 0.0746 e. The van der Waals surface area contributed by atoms with Gasteiger partial charge in [0.05, 0.1) is 6.10 Å². The molecule has 0 bridgehead atoms. The molecule has 2 N–H and O–H groups in total. The molecular formula is C15H23ClN2O. The van der Waals surface area contributed by atoms with Crippen molar-refractivity contribution >= 4 is 17.3 Å². The summed E-state index contributed by atoms with van der Waals surface area (Å²) in [6, 6.07) is 6.24. The summed E-state index contributed by atoms with van der Waals surface area (Å²) in [6.45, 7) is 4.05. The van der Waals surface area contributed by atoms with Crippen molar-refractivity contribution in [2.45, 2.75) is 38.3 Å². The van der Waals surface area contributed by atoms with E-state index in [-0.39, 0.29) is 6.04 Å². The highest BCUT2D eigenvalue weighted by molar-refractivity contribution is 6.30. The first-order valence-corrected chi connectivity index (χ1v) is 7.29. The van der Waals surface area contributed by atoms with Crippen molar-refractivity contribution in [3.63, 3.8) is 0 Å². The van der Waals surface area contributed by atoms with Gasteiger partial charge in [0.15, 0.2) is 0 Å². The van der Waals surface area contributed by atoms with E-state index in [1.165, 1.54) is 17.7 Å². The highest BCUT2D eigenvalue weighted by atomic mass is 35.5. The highest BCUT2D eigenvalue weighted by Gasteiger charge is 2.21. The molecule has 0 radical (unpaired) electrons. The summed E-state index contributed by atoms with van der Waals surface area (Å²) in [5.41, 5.74) is 8.43. The molecule has 0 saturated carbocycles. The zero-order valence-corrected chi connectivity index (χ0v) is 12.5. The van der Waals surface area contributed by atoms with Crippen LogP contribution in [0.3, 0.4) is 0 Å². The van der Waals surface area contributed by atoms with Gasteiger partial charge in [-0.1, -0.05) is 11.6 Å². The van der Waals surface area contributed by atoms with Crippen LogP contribution in [0.25, 0.3) is 0 Å². The van der Waals surface area contributed by atoms with E-state index < -0.39 is 0 Å². The van der Waals surface area contributed by atoms with Crippen LogP contribution in [0.4, 0.5) is 5.69 Å². The number of methoxy groups -OCH3 is 1. The summed E-state index contributed by atoms with van der Waals surface area (Å²) in [4.78, 5) is 2.39. The Balaban J connectivity index is 2.22. The van der Waals surface area contributed by atoms with Gasteiger partial charge in [-0.3, -0.25) is 0 Å². The van der Waals surface area contributed by atoms with Crippen LogP contribution in [0.5, 0.6) is 0 Å². The summed E-state index contributed by atoms with van der Waals surface area (Å²) in [5, 5.41) is 0.778. The summed E-state index contributed by atoms with van der Waals surface area (Å²) in [5.74, 6) is 0. The fourth-order valence-electron chi connectivity index (χ4n) is 2.72. The molecule has 1 aromatic rings. The average Bonchev–Trinajstić information content (AvgIpc) is 2.38. The van der Waals surface area contributed by atoms with Crippen molar-refractivity contribution in [1.82, 2.24) is 0 Å². The highest BCUT2D eigenvalue weighted by Crippen LogP contribution is 2.28. The standard InChI is InChI=1S/C15H23ClN2O/c1-11(17)8-12-9-13(16)5-6-15(12)18-7-3-4-14(10-18)19-2/h5-6,9,11,14H,3-4,7-8,10,17H2,1-2H3. The minimum atomic E-state index is 0.139. The average molecular weight is 283 g/mol. The predicted octanol–water partition coefficient (Wildman–Crippen LogP) is 2.84. The van der Waals surface area contributed by atoms with Gasteiger partial charge in [0.2, 0.25) is 0 Å². The van der Waals surface area contributed by atoms with E-state index in [0.717, 1.165) is 31.0 Å². The molecule has 2 rings (SSSR count). The number of halogens is 1. The first-order valence-electron chi connectivity index (χ1n) is 6.92. The molecule has 106 valence electrons. The molecule has 0 amide bonds. The van der Waals surface area contributed by atoms with Crippen molar-refractivity contribution in [2.75, 3.05) is 25.1 Å². The molecule has 3 nitrogen and oxygen atoms in total. The number of nitrogens with two attached hydrogens (primary N) is 1. The fourth-order valence-corrected chi connectivity index (χ4v) is 2.92. The Bertz CT molecular complexity index is 423. The third kappa shape index (κ3) is 3.85. The van der Waals surface area contributed by atoms with Crippen LogP contribution in [-0.2, 0) is 11.2 Å². The Kier molecular flexibility index (Phi) is 5.08. The number of anilines is 1. The molecular weight excluding hydrogens is 260 g/mol. The van der Waals surface area contributed by atoms with E-state index in [1.54, 1.807) is 7.11 Å². The molecule has 19 heavy (non-hydrogen) atoms. The number of benzene rings is 1. The van der Waals surface area contributed by atoms with E-state index in [1.807, 2.05) is 19.1 Å². The van der Waals surface area contributed by atoms with E-state index in [9.17, 15) is 0 Å². The van der Waals surface area contributed by atoms with E-state index in [4.69, 9.17) is 22.1 Å². The fraction of sp³-hybridized carbons (Fsp3) is 0.600. The van der Waals surface area contributed by atoms with Crippen LogP contribution in [-0.4, -0.2) is 32.3 Å². The predicted molar refractivity (Wildman–Crippen MR) is 81.0 cm³/mol. The molecule has 2 atom stereocenters. The Morgan fingerprint density at radius 2 is 2.32 bits per heavy atom. The summed E-state index contributed by atoms with van der Waals surface area (Å²) in [7, 11) is 1.79. The number of nitrogens with zero attached hydrogens (tertiary/aromatic N) is 1. The van der Waals surface area contributed by atoms with Gasteiger partial charge >= 0.3 is 0 Å². The van der Waals surface area contributed by atoms with Gasteiger partial charge in [0.25, 0.3) is 0 Å². The molecule has 0 aromatic heterocycles. The maximum atomic E-state index is 6.11. The molecule has 1 saturated heterocycles. The minimum absolute atomic E-state index is 0.139. The maximum absolute atomic E-state index is 6.11. The van der Waals surface area contributed by atoms with Crippen LogP contribution in [0, 0.1) is 0 Å². The van der Waals surface area contributed by atoms with Crippen molar-refractivity contribution in [2.24, 2.45) is 5.73 Å². The Labute approximate surface area is 120 Å². The van der Waals surface area contributed by atoms with E-state index >= 15 is 0 Å². The second-order valence-electron chi connectivity index (χ2n) is 5.40. The summed E-state index contributed by atoms with van der Waals surface area (Å²) < 4.78 is 5.50. The summed E-state index contributed by atoms with van der Waals surface area (Å²) in [6.07, 6.45) is 3.49. The quantitative estimate of drug-likeness (QED) is 0.923. The Hall–Kier alpha value is -0.770. The lowest BCUT2D eigenvalue weighted by atomic mass is 10.0. The minimum Gasteiger partial charge on any atom is -0.380 e. The van der Waals surface area contributed by atoms with E-state index in [0.29, 0.717) is 6.10 Å². The molecule has 0 aliphatic carbocycles.